The highest BCUT2D eigenvalue weighted by atomic mass is 35.5. The number of fused-ring (bicyclic) bond motifs is 1. The molecule has 2 aliphatic heterocycles. The third kappa shape index (κ3) is 6.92. The summed E-state index contributed by atoms with van der Waals surface area (Å²) in [6, 6.07) is 9.24. The lowest BCUT2D eigenvalue weighted by atomic mass is 10.0. The molecule has 13 heteroatoms. The van der Waals surface area contributed by atoms with Crippen LogP contribution in [0.3, 0.4) is 0 Å². The Morgan fingerprint density at radius 3 is 2.52 bits per heavy atom. The Morgan fingerprint density at radius 2 is 1.83 bits per heavy atom. The first-order valence-corrected chi connectivity index (χ1v) is 16.1. The Labute approximate surface area is 277 Å². The first kappa shape index (κ1) is 32.1. The van der Waals surface area contributed by atoms with Gasteiger partial charge in [-0.2, -0.15) is 5.10 Å². The zero-order chi connectivity index (χ0) is 32.4. The number of benzene rings is 2. The van der Waals surface area contributed by atoms with Gasteiger partial charge in [-0.05, 0) is 63.2 Å². The van der Waals surface area contributed by atoms with Gasteiger partial charge in [0, 0.05) is 74.3 Å². The molecule has 2 aromatic carbocycles. The Hall–Kier alpha value is -3.90. The zero-order valence-electron chi connectivity index (χ0n) is 25.8. The smallest absolute Gasteiger partial charge is 0.247 e. The molecule has 1 unspecified atom stereocenters. The molecule has 1 amide bonds. The van der Waals surface area contributed by atoms with E-state index >= 15 is 4.39 Å². The van der Waals surface area contributed by atoms with Crippen LogP contribution in [-0.4, -0.2) is 83.2 Å². The number of piperazine rings is 1. The van der Waals surface area contributed by atoms with Crippen LogP contribution < -0.4 is 20.3 Å². The van der Waals surface area contributed by atoms with Gasteiger partial charge in [-0.3, -0.25) is 19.8 Å². The maximum Gasteiger partial charge on any atom is 0.247 e. The van der Waals surface area contributed by atoms with E-state index in [0.717, 1.165) is 58.2 Å². The Kier molecular flexibility index (Phi) is 9.65. The van der Waals surface area contributed by atoms with E-state index in [2.05, 4.69) is 54.1 Å². The lowest BCUT2D eigenvalue weighted by Gasteiger charge is -2.42. The molecule has 46 heavy (non-hydrogen) atoms. The standard InChI is InChI=1S/C33H37Cl2FN8O2/c1-4-30(45)38-29-16-22(43-9-7-21(8-10-43)44-13-11-42(3)12-14-44)15-27(36)32(29)39-33-24-17-23(5-6-28(24)40-41-33)46-20(2)31-25(34)18-37-19-26(31)35/h4-6,15-21H,1,7-14H2,2-3H3,(H,38,45)(H2,39,40,41). The van der Waals surface area contributed by atoms with Gasteiger partial charge in [0.1, 0.15) is 17.5 Å². The average Bonchev–Trinajstić information content (AvgIpc) is 3.44. The van der Waals surface area contributed by atoms with Crippen molar-refractivity contribution in [2.24, 2.45) is 0 Å². The fourth-order valence-corrected chi connectivity index (χ4v) is 6.89. The second kappa shape index (κ2) is 13.8. The van der Waals surface area contributed by atoms with Gasteiger partial charge in [-0.1, -0.05) is 29.8 Å². The number of piperidine rings is 1. The van der Waals surface area contributed by atoms with Crippen molar-refractivity contribution >= 4 is 62.9 Å². The second-order valence-corrected chi connectivity index (χ2v) is 12.6. The van der Waals surface area contributed by atoms with Gasteiger partial charge < -0.3 is 25.2 Å². The number of ether oxygens (including phenoxy) is 1. The first-order valence-electron chi connectivity index (χ1n) is 15.4. The Balaban J connectivity index is 1.23. The molecule has 1 atom stereocenters. The highest BCUT2D eigenvalue weighted by Gasteiger charge is 2.28. The minimum Gasteiger partial charge on any atom is -0.486 e. The number of aromatic amines is 1. The molecule has 10 nitrogen and oxygen atoms in total. The van der Waals surface area contributed by atoms with Crippen LogP contribution in [0.1, 0.15) is 31.4 Å². The van der Waals surface area contributed by atoms with Gasteiger partial charge in [0.2, 0.25) is 5.91 Å². The van der Waals surface area contributed by atoms with Gasteiger partial charge in [0.15, 0.2) is 11.6 Å². The number of amides is 1. The molecule has 0 saturated carbocycles. The molecule has 242 valence electrons. The van der Waals surface area contributed by atoms with Crippen LogP contribution in [0.15, 0.2) is 55.4 Å². The van der Waals surface area contributed by atoms with E-state index in [1.54, 1.807) is 18.2 Å². The van der Waals surface area contributed by atoms with Gasteiger partial charge >= 0.3 is 0 Å². The third-order valence-electron chi connectivity index (χ3n) is 8.79. The van der Waals surface area contributed by atoms with Crippen molar-refractivity contribution in [1.29, 1.82) is 0 Å². The summed E-state index contributed by atoms with van der Waals surface area (Å²) in [5.74, 6) is -0.0678. The van der Waals surface area contributed by atoms with E-state index in [1.807, 2.05) is 13.0 Å². The van der Waals surface area contributed by atoms with Crippen molar-refractivity contribution < 1.29 is 13.9 Å². The molecule has 2 aromatic heterocycles. The summed E-state index contributed by atoms with van der Waals surface area (Å²) in [4.78, 5) is 23.6. The molecule has 2 saturated heterocycles. The summed E-state index contributed by atoms with van der Waals surface area (Å²) in [7, 11) is 2.16. The number of nitrogens with zero attached hydrogens (tertiary/aromatic N) is 5. The largest absolute Gasteiger partial charge is 0.486 e. The summed E-state index contributed by atoms with van der Waals surface area (Å²) >= 11 is 12.7. The van der Waals surface area contributed by atoms with Crippen molar-refractivity contribution in [3.05, 3.63) is 76.8 Å². The van der Waals surface area contributed by atoms with Gasteiger partial charge in [-0.25, -0.2) is 4.39 Å². The number of likely N-dealkylation sites (N-methyl/N-ethyl adjacent to an activating group) is 1. The van der Waals surface area contributed by atoms with Crippen LogP contribution in [0.2, 0.25) is 10.0 Å². The topological polar surface area (TPSA) is 102 Å². The average molecular weight is 668 g/mol. The Bertz CT molecular complexity index is 1710. The van der Waals surface area contributed by atoms with E-state index in [-0.39, 0.29) is 5.69 Å². The van der Waals surface area contributed by atoms with Gasteiger partial charge in [0.25, 0.3) is 0 Å². The molecule has 4 heterocycles. The van der Waals surface area contributed by atoms with Crippen molar-refractivity contribution in [3.63, 3.8) is 0 Å². The highest BCUT2D eigenvalue weighted by Crippen LogP contribution is 2.38. The molecule has 2 fully saturated rings. The summed E-state index contributed by atoms with van der Waals surface area (Å²) < 4.78 is 22.1. The molecule has 2 aliphatic rings. The molecule has 0 aliphatic carbocycles. The summed E-state index contributed by atoms with van der Waals surface area (Å²) in [6.45, 7) is 11.3. The minimum atomic E-state index is -0.516. The molecule has 0 bridgehead atoms. The van der Waals surface area contributed by atoms with E-state index in [4.69, 9.17) is 27.9 Å². The van der Waals surface area contributed by atoms with Crippen LogP contribution >= 0.6 is 23.2 Å². The maximum absolute atomic E-state index is 16.0. The van der Waals surface area contributed by atoms with Gasteiger partial charge in [0.05, 0.1) is 21.2 Å². The van der Waals surface area contributed by atoms with Crippen LogP contribution in [0.25, 0.3) is 10.9 Å². The molecule has 0 spiro atoms. The van der Waals surface area contributed by atoms with Crippen molar-refractivity contribution in [2.75, 3.05) is 61.8 Å². The number of aromatic nitrogens is 3. The number of hydrogen-bond acceptors (Lipinski definition) is 8. The highest BCUT2D eigenvalue weighted by molar-refractivity contribution is 6.35. The number of rotatable bonds is 9. The van der Waals surface area contributed by atoms with E-state index in [1.165, 1.54) is 18.5 Å². The fourth-order valence-electron chi connectivity index (χ4n) is 6.21. The quantitative estimate of drug-likeness (QED) is 0.171. The number of anilines is 4. The van der Waals surface area contributed by atoms with Gasteiger partial charge in [-0.15, -0.1) is 0 Å². The zero-order valence-corrected chi connectivity index (χ0v) is 27.3. The molecule has 0 radical (unpaired) electrons. The molecular weight excluding hydrogens is 630 g/mol. The Morgan fingerprint density at radius 1 is 1.11 bits per heavy atom. The van der Waals surface area contributed by atoms with Crippen molar-refractivity contribution in [3.8, 4) is 5.75 Å². The number of halogens is 3. The second-order valence-electron chi connectivity index (χ2n) is 11.8. The number of hydrogen-bond donors (Lipinski definition) is 3. The minimum absolute atomic E-state index is 0.0923. The van der Waals surface area contributed by atoms with Crippen molar-refractivity contribution in [1.82, 2.24) is 25.0 Å². The third-order valence-corrected chi connectivity index (χ3v) is 9.39. The molecular formula is C33H37Cl2FN8O2. The SMILES string of the molecule is C=CC(=O)Nc1cc(N2CCC(N3CCN(C)CC3)CC2)cc(F)c1Nc1n[nH]c2ccc(OC(C)c3c(Cl)cncc3Cl)cc12. The summed E-state index contributed by atoms with van der Waals surface area (Å²) in [6.07, 6.45) is 5.72. The first-order chi connectivity index (χ1) is 22.2. The van der Waals surface area contributed by atoms with Crippen LogP contribution in [0.4, 0.5) is 27.3 Å². The fraction of sp³-hybridized carbons (Fsp3) is 0.364. The van der Waals surface area contributed by atoms with Crippen LogP contribution in [0.5, 0.6) is 5.75 Å². The summed E-state index contributed by atoms with van der Waals surface area (Å²) in [5.41, 5.74) is 2.43. The number of H-pyrrole nitrogens is 1. The number of pyridine rings is 1. The predicted octanol–water partition coefficient (Wildman–Crippen LogP) is 6.63. The maximum atomic E-state index is 16.0. The van der Waals surface area contributed by atoms with Crippen LogP contribution in [-0.2, 0) is 4.79 Å². The van der Waals surface area contributed by atoms with E-state index < -0.39 is 17.8 Å². The number of carbonyl (C=O) groups excluding carboxylic acids is 1. The molecule has 3 N–H and O–H groups in total. The predicted molar refractivity (Wildman–Crippen MR) is 182 cm³/mol. The normalized spacial score (nSPS) is 17.2. The molecule has 6 rings (SSSR count). The number of nitrogens with one attached hydrogen (secondary N) is 3. The van der Waals surface area contributed by atoms with Crippen LogP contribution in [0, 0.1) is 5.82 Å². The summed E-state index contributed by atoms with van der Waals surface area (Å²) in [5, 5.41) is 14.7. The lowest BCUT2D eigenvalue weighted by Crippen LogP contribution is -2.52. The monoisotopic (exact) mass is 666 g/mol. The number of carbonyl (C=O) groups is 1. The van der Waals surface area contributed by atoms with Crippen molar-refractivity contribution in [2.45, 2.75) is 31.9 Å². The van der Waals surface area contributed by atoms with E-state index in [0.29, 0.717) is 55.5 Å². The lowest BCUT2D eigenvalue weighted by molar-refractivity contribution is -0.111. The molecule has 4 aromatic rings. The van der Waals surface area contributed by atoms with E-state index in [9.17, 15) is 4.79 Å².